The number of nitro groups is 1. The van der Waals surface area contributed by atoms with Crippen LogP contribution in [0.3, 0.4) is 0 Å². The fourth-order valence-corrected chi connectivity index (χ4v) is 2.67. The third-order valence-corrected chi connectivity index (χ3v) is 3.71. The Morgan fingerprint density at radius 1 is 1.50 bits per heavy atom. The van der Waals surface area contributed by atoms with Crippen molar-refractivity contribution in [1.29, 1.82) is 0 Å². The van der Waals surface area contributed by atoms with Crippen molar-refractivity contribution < 1.29 is 4.92 Å². The molecule has 0 aliphatic rings. The van der Waals surface area contributed by atoms with Gasteiger partial charge < -0.3 is 5.32 Å². The average molecular weight is 328 g/mol. The summed E-state index contributed by atoms with van der Waals surface area (Å²) < 4.78 is 0.599. The Kier molecular flexibility index (Phi) is 4.27. The molecule has 5 nitrogen and oxygen atoms in total. The molecule has 18 heavy (non-hydrogen) atoms. The van der Waals surface area contributed by atoms with Crippen LogP contribution in [0.25, 0.3) is 0 Å². The summed E-state index contributed by atoms with van der Waals surface area (Å²) in [5, 5.41) is 18.0. The zero-order valence-corrected chi connectivity index (χ0v) is 11.7. The first-order valence-electron chi connectivity index (χ1n) is 5.21. The van der Waals surface area contributed by atoms with E-state index in [1.54, 1.807) is 17.5 Å². The van der Waals surface area contributed by atoms with Crippen molar-refractivity contribution in [2.75, 3.05) is 11.9 Å². The van der Waals surface area contributed by atoms with Gasteiger partial charge >= 0.3 is 5.69 Å². The topological polar surface area (TPSA) is 68.1 Å². The smallest absolute Gasteiger partial charge is 0.311 e. The predicted octanol–water partition coefficient (Wildman–Crippen LogP) is 3.47. The second kappa shape index (κ2) is 5.92. The van der Waals surface area contributed by atoms with Crippen LogP contribution in [0.4, 0.5) is 11.4 Å². The first kappa shape index (κ1) is 13.0. The minimum Gasteiger partial charge on any atom is -0.378 e. The van der Waals surface area contributed by atoms with Gasteiger partial charge in [-0.2, -0.15) is 11.3 Å². The molecule has 0 spiro atoms. The molecule has 0 aliphatic carbocycles. The molecule has 7 heteroatoms. The highest BCUT2D eigenvalue weighted by molar-refractivity contribution is 9.10. The van der Waals surface area contributed by atoms with E-state index in [9.17, 15) is 10.1 Å². The molecule has 1 N–H and O–H groups in total. The van der Waals surface area contributed by atoms with Crippen LogP contribution in [0.2, 0.25) is 0 Å². The van der Waals surface area contributed by atoms with Gasteiger partial charge in [0, 0.05) is 12.7 Å². The van der Waals surface area contributed by atoms with Gasteiger partial charge in [0.1, 0.15) is 11.9 Å². The van der Waals surface area contributed by atoms with Crippen molar-refractivity contribution in [2.24, 2.45) is 0 Å². The quantitative estimate of drug-likeness (QED) is 0.674. The monoisotopic (exact) mass is 327 g/mol. The average Bonchev–Trinajstić information content (AvgIpc) is 2.84. The van der Waals surface area contributed by atoms with E-state index < -0.39 is 4.92 Å². The Hall–Kier alpha value is -1.47. The summed E-state index contributed by atoms with van der Waals surface area (Å²) in [5.41, 5.74) is 1.68. The summed E-state index contributed by atoms with van der Waals surface area (Å²) in [6, 6.07) is 2.04. The molecular weight excluding hydrogens is 318 g/mol. The fraction of sp³-hybridized carbons (Fsp3) is 0.182. The van der Waals surface area contributed by atoms with Crippen LogP contribution >= 0.6 is 27.3 Å². The second-order valence-electron chi connectivity index (χ2n) is 3.58. The normalized spacial score (nSPS) is 10.3. The Morgan fingerprint density at radius 2 is 2.33 bits per heavy atom. The summed E-state index contributed by atoms with van der Waals surface area (Å²) in [4.78, 5) is 14.2. The van der Waals surface area contributed by atoms with Gasteiger partial charge in [0.2, 0.25) is 0 Å². The van der Waals surface area contributed by atoms with Crippen molar-refractivity contribution in [3.63, 3.8) is 0 Å². The largest absolute Gasteiger partial charge is 0.378 e. The van der Waals surface area contributed by atoms with Gasteiger partial charge in [0.05, 0.1) is 9.40 Å². The van der Waals surface area contributed by atoms with Gasteiger partial charge in [0.25, 0.3) is 0 Å². The number of rotatable bonds is 5. The molecule has 0 amide bonds. The molecule has 0 saturated heterocycles. The van der Waals surface area contributed by atoms with Gasteiger partial charge in [0.15, 0.2) is 0 Å². The van der Waals surface area contributed by atoms with Crippen LogP contribution in [-0.2, 0) is 6.42 Å². The number of nitrogens with one attached hydrogen (secondary N) is 1. The summed E-state index contributed by atoms with van der Waals surface area (Å²) >= 11 is 4.91. The van der Waals surface area contributed by atoms with Crippen molar-refractivity contribution >= 4 is 38.6 Å². The molecule has 2 heterocycles. The molecule has 2 aromatic rings. The molecular formula is C11H10BrN3O2S. The third kappa shape index (κ3) is 3.05. The van der Waals surface area contributed by atoms with E-state index in [0.29, 0.717) is 16.7 Å². The number of hydrogen-bond acceptors (Lipinski definition) is 5. The highest BCUT2D eigenvalue weighted by Crippen LogP contribution is 2.30. The molecule has 0 fully saturated rings. The lowest BCUT2D eigenvalue weighted by molar-refractivity contribution is -0.384. The maximum Gasteiger partial charge on any atom is 0.311 e. The van der Waals surface area contributed by atoms with Crippen LogP contribution in [-0.4, -0.2) is 16.5 Å². The molecule has 0 unspecified atom stereocenters. The van der Waals surface area contributed by atoms with Gasteiger partial charge in [-0.1, -0.05) is 0 Å². The third-order valence-electron chi connectivity index (χ3n) is 2.37. The molecule has 0 bridgehead atoms. The van der Waals surface area contributed by atoms with E-state index in [0.717, 1.165) is 6.42 Å². The van der Waals surface area contributed by atoms with Crippen LogP contribution < -0.4 is 5.32 Å². The van der Waals surface area contributed by atoms with E-state index >= 15 is 0 Å². The second-order valence-corrected chi connectivity index (χ2v) is 5.22. The first-order chi connectivity index (χ1) is 8.68. The van der Waals surface area contributed by atoms with Gasteiger partial charge in [-0.05, 0) is 44.7 Å². The fourth-order valence-electron chi connectivity index (χ4n) is 1.50. The van der Waals surface area contributed by atoms with Crippen LogP contribution in [0.15, 0.2) is 33.7 Å². The molecule has 0 aliphatic heterocycles. The highest BCUT2D eigenvalue weighted by Gasteiger charge is 2.16. The summed E-state index contributed by atoms with van der Waals surface area (Å²) in [5.74, 6) is 0. The number of pyridine rings is 1. The lowest BCUT2D eigenvalue weighted by atomic mass is 10.2. The van der Waals surface area contributed by atoms with E-state index in [1.807, 2.05) is 11.4 Å². The van der Waals surface area contributed by atoms with Gasteiger partial charge in [-0.15, -0.1) is 0 Å². The van der Waals surface area contributed by atoms with E-state index in [4.69, 9.17) is 0 Å². The minimum absolute atomic E-state index is 0.0188. The lowest BCUT2D eigenvalue weighted by Gasteiger charge is -2.07. The number of aromatic nitrogens is 1. The van der Waals surface area contributed by atoms with Crippen LogP contribution in [0.5, 0.6) is 0 Å². The Morgan fingerprint density at radius 3 is 3.00 bits per heavy atom. The molecule has 0 radical (unpaired) electrons. The van der Waals surface area contributed by atoms with Crippen molar-refractivity contribution in [2.45, 2.75) is 6.42 Å². The molecule has 0 saturated carbocycles. The SMILES string of the molecule is O=[N+]([O-])c1cncc(Br)c1NCCc1ccsc1. The summed E-state index contributed by atoms with van der Waals surface area (Å²) in [6.07, 6.45) is 3.62. The van der Waals surface area contributed by atoms with Gasteiger partial charge in [-0.3, -0.25) is 15.1 Å². The van der Waals surface area contributed by atoms with Crippen molar-refractivity contribution in [3.05, 3.63) is 49.4 Å². The highest BCUT2D eigenvalue weighted by atomic mass is 79.9. The number of halogens is 1. The first-order valence-corrected chi connectivity index (χ1v) is 6.95. The molecule has 94 valence electrons. The maximum atomic E-state index is 10.9. The zero-order valence-electron chi connectivity index (χ0n) is 9.30. The molecule has 0 aromatic carbocycles. The molecule has 2 rings (SSSR count). The zero-order chi connectivity index (χ0) is 13.0. The number of thiophene rings is 1. The maximum absolute atomic E-state index is 10.9. The summed E-state index contributed by atoms with van der Waals surface area (Å²) in [6.45, 7) is 0.639. The molecule has 0 atom stereocenters. The van der Waals surface area contributed by atoms with Crippen molar-refractivity contribution in [1.82, 2.24) is 4.98 Å². The summed E-state index contributed by atoms with van der Waals surface area (Å²) in [7, 11) is 0. The van der Waals surface area contributed by atoms with Gasteiger partial charge in [-0.25, -0.2) is 0 Å². The Labute approximate surface area is 116 Å². The molecule has 2 aromatic heterocycles. The number of nitrogens with zero attached hydrogens (tertiary/aromatic N) is 2. The Bertz CT molecular complexity index is 545. The van der Waals surface area contributed by atoms with Crippen molar-refractivity contribution in [3.8, 4) is 0 Å². The number of hydrogen-bond donors (Lipinski definition) is 1. The Balaban J connectivity index is 2.06. The predicted molar refractivity (Wildman–Crippen MR) is 75.1 cm³/mol. The standard InChI is InChI=1S/C11H10BrN3O2S/c12-9-5-13-6-10(15(16)17)11(9)14-3-1-8-2-4-18-7-8/h2,4-7H,1,3H2,(H,13,14). The number of anilines is 1. The van der Waals surface area contributed by atoms with E-state index in [1.165, 1.54) is 11.8 Å². The lowest BCUT2D eigenvalue weighted by Crippen LogP contribution is -2.07. The van der Waals surface area contributed by atoms with E-state index in [2.05, 4.69) is 31.6 Å². The minimum atomic E-state index is -0.440. The van der Waals surface area contributed by atoms with Crippen LogP contribution in [0.1, 0.15) is 5.56 Å². The van der Waals surface area contributed by atoms with Crippen LogP contribution in [0, 0.1) is 10.1 Å². The van der Waals surface area contributed by atoms with E-state index in [-0.39, 0.29) is 5.69 Å².